The summed E-state index contributed by atoms with van der Waals surface area (Å²) in [6.07, 6.45) is 4.48. The molecule has 0 bridgehead atoms. The minimum atomic E-state index is -0.680. The Morgan fingerprint density at radius 1 is 1.53 bits per heavy atom. The quantitative estimate of drug-likeness (QED) is 0.747. The van der Waals surface area contributed by atoms with Gasteiger partial charge in [0.05, 0.1) is 5.69 Å². The molecule has 1 aromatic rings. The van der Waals surface area contributed by atoms with E-state index in [1.165, 1.54) is 0 Å². The molecule has 0 amide bonds. The lowest BCUT2D eigenvalue weighted by molar-refractivity contribution is 0.558. The van der Waals surface area contributed by atoms with Gasteiger partial charge in [0.25, 0.3) is 0 Å². The highest BCUT2D eigenvalue weighted by atomic mass is 32.2. The van der Waals surface area contributed by atoms with Crippen molar-refractivity contribution in [2.24, 2.45) is 0 Å². The van der Waals surface area contributed by atoms with Gasteiger partial charge in [0.1, 0.15) is 0 Å². The largest absolute Gasteiger partial charge is 0.309 e. The molecule has 0 aliphatic rings. The lowest BCUT2D eigenvalue weighted by Crippen LogP contribution is -2.21. The van der Waals surface area contributed by atoms with Crippen molar-refractivity contribution in [1.82, 2.24) is 10.3 Å². The Bertz CT molecular complexity index is 303. The molecule has 0 radical (unpaired) electrons. The van der Waals surface area contributed by atoms with Gasteiger partial charge in [0.15, 0.2) is 0 Å². The van der Waals surface area contributed by atoms with Gasteiger partial charge < -0.3 is 5.32 Å². The predicted octanol–water partition coefficient (Wildman–Crippen LogP) is 1.50. The predicted molar refractivity (Wildman–Crippen MR) is 64.2 cm³/mol. The minimum absolute atomic E-state index is 0.261. The Kier molecular flexibility index (Phi) is 5.50. The third kappa shape index (κ3) is 5.04. The molecule has 0 fully saturated rings. The molecule has 0 aliphatic heterocycles. The molecule has 15 heavy (non-hydrogen) atoms. The van der Waals surface area contributed by atoms with Crippen LogP contribution in [0.15, 0.2) is 24.4 Å². The van der Waals surface area contributed by atoms with Gasteiger partial charge in [-0.3, -0.25) is 9.19 Å². The van der Waals surface area contributed by atoms with E-state index in [2.05, 4.69) is 17.2 Å². The fourth-order valence-corrected chi connectivity index (χ4v) is 1.88. The van der Waals surface area contributed by atoms with Crippen LogP contribution in [0.4, 0.5) is 0 Å². The van der Waals surface area contributed by atoms with Crippen molar-refractivity contribution in [2.75, 3.05) is 18.6 Å². The van der Waals surface area contributed by atoms with Gasteiger partial charge in [-0.25, -0.2) is 0 Å². The van der Waals surface area contributed by atoms with Crippen molar-refractivity contribution in [2.45, 2.75) is 19.4 Å². The molecular weight excluding hydrogens is 208 g/mol. The van der Waals surface area contributed by atoms with Gasteiger partial charge in [-0.05, 0) is 32.0 Å². The number of nitrogens with zero attached hydrogens (tertiary/aromatic N) is 1. The highest BCUT2D eigenvalue weighted by molar-refractivity contribution is 7.84. The maximum atomic E-state index is 10.8. The van der Waals surface area contributed by atoms with E-state index in [9.17, 15) is 4.21 Å². The smallest absolute Gasteiger partial charge is 0.0570 e. The first kappa shape index (κ1) is 12.3. The van der Waals surface area contributed by atoms with Crippen molar-refractivity contribution in [1.29, 1.82) is 0 Å². The van der Waals surface area contributed by atoms with Crippen LogP contribution < -0.4 is 5.32 Å². The van der Waals surface area contributed by atoms with Crippen molar-refractivity contribution < 1.29 is 4.21 Å². The van der Waals surface area contributed by atoms with Crippen LogP contribution in [0.25, 0.3) is 0 Å². The van der Waals surface area contributed by atoms with E-state index < -0.39 is 10.8 Å². The van der Waals surface area contributed by atoms with E-state index in [0.717, 1.165) is 24.4 Å². The summed E-state index contributed by atoms with van der Waals surface area (Å²) in [7, 11) is -0.680. The number of pyridine rings is 1. The highest BCUT2D eigenvalue weighted by Gasteiger charge is 2.04. The highest BCUT2D eigenvalue weighted by Crippen LogP contribution is 2.07. The second-order valence-electron chi connectivity index (χ2n) is 3.56. The van der Waals surface area contributed by atoms with Gasteiger partial charge in [-0.2, -0.15) is 0 Å². The molecule has 0 saturated heterocycles. The lowest BCUT2D eigenvalue weighted by atomic mass is 10.2. The van der Waals surface area contributed by atoms with Crippen molar-refractivity contribution in [3.05, 3.63) is 30.1 Å². The second kappa shape index (κ2) is 6.69. The Balaban J connectivity index is 2.25. The van der Waals surface area contributed by atoms with E-state index >= 15 is 0 Å². The summed E-state index contributed by atoms with van der Waals surface area (Å²) >= 11 is 0. The summed E-state index contributed by atoms with van der Waals surface area (Å²) in [5.74, 6) is 0.766. The van der Waals surface area contributed by atoms with Gasteiger partial charge >= 0.3 is 0 Å². The molecule has 1 N–H and O–H groups in total. The van der Waals surface area contributed by atoms with E-state index in [1.807, 2.05) is 18.2 Å². The van der Waals surface area contributed by atoms with Crippen LogP contribution >= 0.6 is 0 Å². The van der Waals surface area contributed by atoms with Crippen molar-refractivity contribution >= 4 is 10.8 Å². The molecule has 0 aliphatic carbocycles. The average molecular weight is 226 g/mol. The third-order valence-electron chi connectivity index (χ3n) is 2.19. The number of hydrogen-bond donors (Lipinski definition) is 1. The molecule has 4 heteroatoms. The maximum Gasteiger partial charge on any atom is 0.0570 e. The molecular formula is C11H18N2OS. The lowest BCUT2D eigenvalue weighted by Gasteiger charge is -2.12. The Hall–Kier alpha value is -0.740. The zero-order valence-corrected chi connectivity index (χ0v) is 10.1. The SMILES string of the molecule is CC(NCCCS(C)=O)c1ccccn1. The maximum absolute atomic E-state index is 10.8. The van der Waals surface area contributed by atoms with Crippen LogP contribution in [0.2, 0.25) is 0 Å². The topological polar surface area (TPSA) is 42.0 Å². The van der Waals surface area contributed by atoms with Crippen LogP contribution in [-0.4, -0.2) is 27.7 Å². The molecule has 1 heterocycles. The molecule has 3 nitrogen and oxygen atoms in total. The minimum Gasteiger partial charge on any atom is -0.309 e. The molecule has 84 valence electrons. The fraction of sp³-hybridized carbons (Fsp3) is 0.545. The standard InChI is InChI=1S/C11H18N2OS/c1-10(11-6-3-4-7-13-11)12-8-5-9-15(2)14/h3-4,6-7,10,12H,5,8-9H2,1-2H3. The summed E-state index contributed by atoms with van der Waals surface area (Å²) in [6, 6.07) is 6.17. The third-order valence-corrected chi connectivity index (χ3v) is 3.05. The number of hydrogen-bond acceptors (Lipinski definition) is 3. The van der Waals surface area contributed by atoms with Crippen LogP contribution in [0.3, 0.4) is 0 Å². The molecule has 2 atom stereocenters. The summed E-state index contributed by atoms with van der Waals surface area (Å²) in [5, 5.41) is 3.36. The van der Waals surface area contributed by atoms with E-state index in [1.54, 1.807) is 12.5 Å². The second-order valence-corrected chi connectivity index (χ2v) is 5.12. The van der Waals surface area contributed by atoms with Gasteiger partial charge in [0.2, 0.25) is 0 Å². The van der Waals surface area contributed by atoms with Crippen LogP contribution in [-0.2, 0) is 10.8 Å². The van der Waals surface area contributed by atoms with Crippen molar-refractivity contribution in [3.63, 3.8) is 0 Å². The molecule has 0 aromatic carbocycles. The monoisotopic (exact) mass is 226 g/mol. The first-order chi connectivity index (χ1) is 7.20. The van der Waals surface area contributed by atoms with Crippen LogP contribution in [0.5, 0.6) is 0 Å². The summed E-state index contributed by atoms with van der Waals surface area (Å²) in [5.41, 5.74) is 1.05. The zero-order chi connectivity index (χ0) is 11.1. The van der Waals surface area contributed by atoms with Crippen LogP contribution in [0.1, 0.15) is 25.1 Å². The Morgan fingerprint density at radius 2 is 2.33 bits per heavy atom. The molecule has 1 rings (SSSR count). The first-order valence-corrected chi connectivity index (χ1v) is 6.87. The van der Waals surface area contributed by atoms with Gasteiger partial charge in [-0.1, -0.05) is 6.07 Å². The normalized spacial score (nSPS) is 14.8. The fourth-order valence-electron chi connectivity index (χ4n) is 1.33. The molecule has 0 spiro atoms. The summed E-state index contributed by atoms with van der Waals surface area (Å²) in [6.45, 7) is 2.97. The molecule has 2 unspecified atom stereocenters. The van der Waals surface area contributed by atoms with Crippen molar-refractivity contribution in [3.8, 4) is 0 Å². The van der Waals surface area contributed by atoms with E-state index in [-0.39, 0.29) is 6.04 Å². The van der Waals surface area contributed by atoms with Crippen LogP contribution in [0, 0.1) is 0 Å². The first-order valence-electron chi connectivity index (χ1n) is 5.14. The number of nitrogens with one attached hydrogen (secondary N) is 1. The van der Waals surface area contributed by atoms with Gasteiger partial charge in [0, 0.05) is 35.0 Å². The number of aromatic nitrogens is 1. The Morgan fingerprint density at radius 3 is 2.93 bits per heavy atom. The molecule has 0 saturated carbocycles. The number of rotatable bonds is 6. The average Bonchev–Trinajstić information content (AvgIpc) is 2.25. The summed E-state index contributed by atoms with van der Waals surface area (Å²) < 4.78 is 10.8. The van der Waals surface area contributed by atoms with Gasteiger partial charge in [-0.15, -0.1) is 0 Å². The van der Waals surface area contributed by atoms with E-state index in [4.69, 9.17) is 0 Å². The summed E-state index contributed by atoms with van der Waals surface area (Å²) in [4.78, 5) is 4.27. The van der Waals surface area contributed by atoms with E-state index in [0.29, 0.717) is 0 Å². The molecule has 1 aromatic heterocycles. The Labute approximate surface area is 93.8 Å². The zero-order valence-electron chi connectivity index (χ0n) is 9.27.